The summed E-state index contributed by atoms with van der Waals surface area (Å²) >= 11 is 0. The summed E-state index contributed by atoms with van der Waals surface area (Å²) in [6, 6.07) is 6.98. The SMILES string of the molecule is CC(C)C1(Cc2ccc(OC(F)F)cc2)CCCN1. The second-order valence-electron chi connectivity index (χ2n) is 5.54. The highest BCUT2D eigenvalue weighted by molar-refractivity contribution is 5.29. The van der Waals surface area contributed by atoms with Crippen molar-refractivity contribution in [1.82, 2.24) is 5.32 Å². The van der Waals surface area contributed by atoms with Crippen LogP contribution in [0.15, 0.2) is 24.3 Å². The summed E-state index contributed by atoms with van der Waals surface area (Å²) in [6.45, 7) is 2.76. The Labute approximate surface area is 113 Å². The van der Waals surface area contributed by atoms with Crippen molar-refractivity contribution in [2.75, 3.05) is 6.54 Å². The maximum absolute atomic E-state index is 12.1. The average Bonchev–Trinajstić information content (AvgIpc) is 2.81. The largest absolute Gasteiger partial charge is 0.435 e. The van der Waals surface area contributed by atoms with Gasteiger partial charge in [-0.25, -0.2) is 0 Å². The minimum atomic E-state index is -2.76. The molecule has 2 rings (SSSR count). The number of ether oxygens (including phenoxy) is 1. The van der Waals surface area contributed by atoms with Gasteiger partial charge in [-0.15, -0.1) is 0 Å². The lowest BCUT2D eigenvalue weighted by Gasteiger charge is -2.34. The second kappa shape index (κ2) is 5.87. The average molecular weight is 269 g/mol. The van der Waals surface area contributed by atoms with Crippen LogP contribution in [0.3, 0.4) is 0 Å². The lowest BCUT2D eigenvalue weighted by Crippen LogP contribution is -2.46. The zero-order chi connectivity index (χ0) is 13.9. The van der Waals surface area contributed by atoms with Crippen LogP contribution in [0.4, 0.5) is 8.78 Å². The van der Waals surface area contributed by atoms with Gasteiger partial charge in [0.1, 0.15) is 5.75 Å². The zero-order valence-electron chi connectivity index (χ0n) is 11.5. The van der Waals surface area contributed by atoms with Crippen molar-refractivity contribution in [1.29, 1.82) is 0 Å². The first kappa shape index (κ1) is 14.3. The number of nitrogens with one attached hydrogen (secondary N) is 1. The summed E-state index contributed by atoms with van der Waals surface area (Å²) in [4.78, 5) is 0. The molecule has 0 aromatic heterocycles. The molecule has 2 nitrogen and oxygen atoms in total. The Hall–Kier alpha value is -1.16. The van der Waals surface area contributed by atoms with Crippen LogP contribution in [0.2, 0.25) is 0 Å². The normalized spacial score (nSPS) is 23.3. The molecule has 0 spiro atoms. The quantitative estimate of drug-likeness (QED) is 0.881. The first-order valence-corrected chi connectivity index (χ1v) is 6.81. The number of rotatable bonds is 5. The summed E-state index contributed by atoms with van der Waals surface area (Å²) < 4.78 is 28.5. The molecular weight excluding hydrogens is 248 g/mol. The third kappa shape index (κ3) is 3.44. The van der Waals surface area contributed by atoms with Crippen molar-refractivity contribution >= 4 is 0 Å². The minimum Gasteiger partial charge on any atom is -0.435 e. The summed E-state index contributed by atoms with van der Waals surface area (Å²) in [5.74, 6) is 0.767. The molecule has 19 heavy (non-hydrogen) atoms. The van der Waals surface area contributed by atoms with Crippen molar-refractivity contribution in [3.05, 3.63) is 29.8 Å². The number of alkyl halides is 2. The molecule has 0 saturated carbocycles. The molecule has 1 aromatic rings. The van der Waals surface area contributed by atoms with Crippen molar-refractivity contribution in [3.63, 3.8) is 0 Å². The van der Waals surface area contributed by atoms with Crippen LogP contribution in [0.5, 0.6) is 5.75 Å². The van der Waals surface area contributed by atoms with E-state index in [-0.39, 0.29) is 11.3 Å². The number of hydrogen-bond acceptors (Lipinski definition) is 2. The molecule has 1 atom stereocenters. The van der Waals surface area contributed by atoms with E-state index >= 15 is 0 Å². The van der Waals surface area contributed by atoms with Gasteiger partial charge in [0.25, 0.3) is 0 Å². The molecule has 1 aromatic carbocycles. The molecule has 0 radical (unpaired) electrons. The molecule has 1 saturated heterocycles. The number of benzene rings is 1. The van der Waals surface area contributed by atoms with E-state index in [0.29, 0.717) is 5.92 Å². The number of hydrogen-bond donors (Lipinski definition) is 1. The molecule has 106 valence electrons. The van der Waals surface area contributed by atoms with Gasteiger partial charge in [0, 0.05) is 5.54 Å². The van der Waals surface area contributed by atoms with Crippen molar-refractivity contribution in [2.45, 2.75) is 45.3 Å². The molecule has 4 heteroatoms. The summed E-state index contributed by atoms with van der Waals surface area (Å²) in [5, 5.41) is 3.61. The van der Waals surface area contributed by atoms with Gasteiger partial charge in [-0.2, -0.15) is 8.78 Å². The van der Waals surface area contributed by atoms with Crippen LogP contribution in [-0.4, -0.2) is 18.7 Å². The highest BCUT2D eigenvalue weighted by atomic mass is 19.3. The van der Waals surface area contributed by atoms with Gasteiger partial charge in [-0.05, 0) is 49.4 Å². The molecule has 1 unspecified atom stereocenters. The summed E-state index contributed by atoms with van der Waals surface area (Å²) in [5.41, 5.74) is 1.30. The smallest absolute Gasteiger partial charge is 0.387 e. The molecule has 0 amide bonds. The third-order valence-electron chi connectivity index (χ3n) is 4.05. The molecule has 1 heterocycles. The van der Waals surface area contributed by atoms with Crippen molar-refractivity contribution < 1.29 is 13.5 Å². The van der Waals surface area contributed by atoms with Gasteiger partial charge in [0.2, 0.25) is 0 Å². The van der Waals surface area contributed by atoms with E-state index in [2.05, 4.69) is 23.9 Å². The maximum atomic E-state index is 12.1. The minimum absolute atomic E-state index is 0.144. The van der Waals surface area contributed by atoms with Crippen molar-refractivity contribution in [2.24, 2.45) is 5.92 Å². The van der Waals surface area contributed by atoms with Gasteiger partial charge in [0.05, 0.1) is 0 Å². The van der Waals surface area contributed by atoms with Crippen LogP contribution in [0, 0.1) is 5.92 Å². The molecule has 1 N–H and O–H groups in total. The van der Waals surface area contributed by atoms with E-state index < -0.39 is 6.61 Å². The first-order chi connectivity index (χ1) is 9.02. The fourth-order valence-corrected chi connectivity index (χ4v) is 2.83. The Balaban J connectivity index is 2.06. The van der Waals surface area contributed by atoms with Crippen LogP contribution < -0.4 is 10.1 Å². The van der Waals surface area contributed by atoms with Crippen molar-refractivity contribution in [3.8, 4) is 5.75 Å². The van der Waals surface area contributed by atoms with Gasteiger partial charge in [-0.1, -0.05) is 26.0 Å². The Morgan fingerprint density at radius 2 is 1.95 bits per heavy atom. The Morgan fingerprint density at radius 3 is 2.42 bits per heavy atom. The zero-order valence-corrected chi connectivity index (χ0v) is 11.5. The second-order valence-corrected chi connectivity index (χ2v) is 5.54. The monoisotopic (exact) mass is 269 g/mol. The van der Waals surface area contributed by atoms with Crippen LogP contribution in [0.1, 0.15) is 32.3 Å². The molecule has 1 fully saturated rings. The Morgan fingerprint density at radius 1 is 1.26 bits per heavy atom. The van der Waals surface area contributed by atoms with Gasteiger partial charge >= 0.3 is 6.61 Å². The molecule has 1 aliphatic rings. The van der Waals surface area contributed by atoms with E-state index in [4.69, 9.17) is 0 Å². The van der Waals surface area contributed by atoms with Gasteiger partial charge < -0.3 is 10.1 Å². The predicted molar refractivity (Wildman–Crippen MR) is 71.6 cm³/mol. The Bertz CT molecular complexity index is 397. The van der Waals surface area contributed by atoms with Crippen LogP contribution in [0.25, 0.3) is 0 Å². The fourth-order valence-electron chi connectivity index (χ4n) is 2.83. The predicted octanol–water partition coefficient (Wildman–Crippen LogP) is 3.61. The van der Waals surface area contributed by atoms with E-state index in [1.165, 1.54) is 12.8 Å². The molecule has 0 aliphatic carbocycles. The van der Waals surface area contributed by atoms with Gasteiger partial charge in [0.15, 0.2) is 0 Å². The lowest BCUT2D eigenvalue weighted by molar-refractivity contribution is -0.0498. The van der Waals surface area contributed by atoms with E-state index in [1.807, 2.05) is 12.1 Å². The van der Waals surface area contributed by atoms with Crippen LogP contribution in [-0.2, 0) is 6.42 Å². The van der Waals surface area contributed by atoms with E-state index in [0.717, 1.165) is 18.5 Å². The summed E-state index contributed by atoms with van der Waals surface area (Å²) in [7, 11) is 0. The number of halogens is 2. The van der Waals surface area contributed by atoms with Crippen LogP contribution >= 0.6 is 0 Å². The molecular formula is C15H21F2NO. The first-order valence-electron chi connectivity index (χ1n) is 6.81. The van der Waals surface area contributed by atoms with E-state index in [1.54, 1.807) is 12.1 Å². The third-order valence-corrected chi connectivity index (χ3v) is 4.05. The summed E-state index contributed by atoms with van der Waals surface area (Å²) in [6.07, 6.45) is 3.30. The maximum Gasteiger partial charge on any atom is 0.387 e. The fraction of sp³-hybridized carbons (Fsp3) is 0.600. The molecule has 0 bridgehead atoms. The highest BCUT2D eigenvalue weighted by Crippen LogP contribution is 2.31. The Kier molecular flexibility index (Phi) is 4.40. The van der Waals surface area contributed by atoms with Gasteiger partial charge in [-0.3, -0.25) is 0 Å². The van der Waals surface area contributed by atoms with E-state index in [9.17, 15) is 8.78 Å². The lowest BCUT2D eigenvalue weighted by atomic mass is 9.80. The molecule has 1 aliphatic heterocycles. The topological polar surface area (TPSA) is 21.3 Å². The highest BCUT2D eigenvalue weighted by Gasteiger charge is 2.36. The standard InChI is InChI=1S/C15H21F2NO/c1-11(2)15(8-3-9-18-15)10-12-4-6-13(7-5-12)19-14(16)17/h4-7,11,14,18H,3,8-10H2,1-2H3.